The highest BCUT2D eigenvalue weighted by atomic mass is 32.2. The van der Waals surface area contributed by atoms with Crippen LogP contribution in [0.15, 0.2) is 59.5 Å². The SMILES string of the molecule is Cc1c(N(CCC2CC2)S(=O)(=O)c2ccccc2)sc2ccccc12. The maximum absolute atomic E-state index is 13.3. The maximum atomic E-state index is 13.3. The van der Waals surface area contributed by atoms with E-state index in [2.05, 4.69) is 12.1 Å². The van der Waals surface area contributed by atoms with Gasteiger partial charge in [-0.15, -0.1) is 11.3 Å². The number of benzene rings is 2. The van der Waals surface area contributed by atoms with Gasteiger partial charge in [0, 0.05) is 11.2 Å². The van der Waals surface area contributed by atoms with E-state index in [0.29, 0.717) is 17.4 Å². The molecule has 5 heteroatoms. The van der Waals surface area contributed by atoms with Crippen molar-refractivity contribution < 1.29 is 8.42 Å². The predicted molar refractivity (Wildman–Crippen MR) is 105 cm³/mol. The molecule has 3 nitrogen and oxygen atoms in total. The van der Waals surface area contributed by atoms with Gasteiger partial charge in [0.2, 0.25) is 0 Å². The number of thiophene rings is 1. The van der Waals surface area contributed by atoms with E-state index in [1.54, 1.807) is 39.9 Å². The van der Waals surface area contributed by atoms with Crippen LogP contribution in [0.5, 0.6) is 0 Å². The van der Waals surface area contributed by atoms with E-state index in [9.17, 15) is 8.42 Å². The second-order valence-electron chi connectivity index (χ2n) is 6.65. The third-order valence-electron chi connectivity index (χ3n) is 4.81. The number of aryl methyl sites for hydroxylation is 1. The normalized spacial score (nSPS) is 14.8. The fourth-order valence-electron chi connectivity index (χ4n) is 3.16. The van der Waals surface area contributed by atoms with Crippen molar-refractivity contribution in [2.24, 2.45) is 5.92 Å². The minimum Gasteiger partial charge on any atom is -0.257 e. The fraction of sp³-hybridized carbons (Fsp3) is 0.300. The molecule has 1 saturated carbocycles. The Bertz CT molecular complexity index is 989. The van der Waals surface area contributed by atoms with Gasteiger partial charge < -0.3 is 0 Å². The topological polar surface area (TPSA) is 37.4 Å². The molecule has 4 rings (SSSR count). The van der Waals surface area contributed by atoms with Gasteiger partial charge in [0.1, 0.15) is 5.00 Å². The van der Waals surface area contributed by atoms with E-state index in [-0.39, 0.29) is 0 Å². The lowest BCUT2D eigenvalue weighted by atomic mass is 10.2. The molecule has 130 valence electrons. The molecule has 1 heterocycles. The minimum absolute atomic E-state index is 0.364. The molecular weight excluding hydrogens is 350 g/mol. The molecule has 1 aromatic heterocycles. The third-order valence-corrected chi connectivity index (χ3v) is 8.04. The van der Waals surface area contributed by atoms with Crippen molar-refractivity contribution in [2.75, 3.05) is 10.8 Å². The van der Waals surface area contributed by atoms with Crippen LogP contribution >= 0.6 is 11.3 Å². The second-order valence-corrected chi connectivity index (χ2v) is 9.54. The number of hydrogen-bond acceptors (Lipinski definition) is 3. The summed E-state index contributed by atoms with van der Waals surface area (Å²) in [5.74, 6) is 0.683. The molecule has 3 aromatic rings. The van der Waals surface area contributed by atoms with Gasteiger partial charge in [0.05, 0.1) is 4.90 Å². The highest BCUT2D eigenvalue weighted by Gasteiger charge is 2.30. The maximum Gasteiger partial charge on any atom is 0.264 e. The lowest BCUT2D eigenvalue weighted by Gasteiger charge is -2.24. The van der Waals surface area contributed by atoms with Crippen molar-refractivity contribution in [1.29, 1.82) is 0 Å². The van der Waals surface area contributed by atoms with E-state index in [1.165, 1.54) is 12.8 Å². The summed E-state index contributed by atoms with van der Waals surface area (Å²) >= 11 is 1.57. The van der Waals surface area contributed by atoms with E-state index in [1.807, 2.05) is 25.1 Å². The fourth-order valence-corrected chi connectivity index (χ4v) is 6.16. The van der Waals surface area contributed by atoms with Crippen LogP contribution in [0.25, 0.3) is 10.1 Å². The van der Waals surface area contributed by atoms with Crippen LogP contribution < -0.4 is 4.31 Å². The highest BCUT2D eigenvalue weighted by Crippen LogP contribution is 2.41. The Hall–Kier alpha value is -1.85. The number of rotatable bonds is 6. The Morgan fingerprint density at radius 3 is 2.40 bits per heavy atom. The third kappa shape index (κ3) is 3.18. The molecule has 0 radical (unpaired) electrons. The molecule has 2 aromatic carbocycles. The summed E-state index contributed by atoms with van der Waals surface area (Å²) in [4.78, 5) is 0.364. The van der Waals surface area contributed by atoms with E-state index >= 15 is 0 Å². The average molecular weight is 372 g/mol. The zero-order valence-corrected chi connectivity index (χ0v) is 15.8. The van der Waals surface area contributed by atoms with Crippen molar-refractivity contribution in [1.82, 2.24) is 0 Å². The minimum atomic E-state index is -3.55. The molecule has 1 aliphatic carbocycles. The Kier molecular flexibility index (Phi) is 4.29. The van der Waals surface area contributed by atoms with Crippen molar-refractivity contribution >= 4 is 36.4 Å². The molecule has 25 heavy (non-hydrogen) atoms. The molecule has 1 aliphatic rings. The average Bonchev–Trinajstić information content (AvgIpc) is 3.40. The Morgan fingerprint density at radius 1 is 1.04 bits per heavy atom. The summed E-state index contributed by atoms with van der Waals surface area (Å²) in [6.45, 7) is 2.58. The standard InChI is InChI=1S/C20H21NO2S2/c1-15-18-9-5-6-10-19(18)24-20(15)21(14-13-16-11-12-16)25(22,23)17-7-3-2-4-8-17/h2-10,16H,11-14H2,1H3. The first-order valence-electron chi connectivity index (χ1n) is 8.63. The summed E-state index contributed by atoms with van der Waals surface area (Å²) in [5.41, 5.74) is 1.05. The lowest BCUT2D eigenvalue weighted by Crippen LogP contribution is -2.32. The molecule has 0 atom stereocenters. The Labute approximate surface area is 153 Å². The first-order valence-corrected chi connectivity index (χ1v) is 10.9. The van der Waals surface area contributed by atoms with Crippen LogP contribution in [0.1, 0.15) is 24.8 Å². The summed E-state index contributed by atoms with van der Waals surface area (Å²) in [6, 6.07) is 16.9. The zero-order valence-electron chi connectivity index (χ0n) is 14.2. The quantitative estimate of drug-likeness (QED) is 0.597. The van der Waals surface area contributed by atoms with Gasteiger partial charge in [-0.3, -0.25) is 4.31 Å². The molecule has 0 amide bonds. The molecule has 0 unspecified atom stereocenters. The van der Waals surface area contributed by atoms with Crippen molar-refractivity contribution in [3.05, 3.63) is 60.2 Å². The van der Waals surface area contributed by atoms with Gasteiger partial charge in [-0.1, -0.05) is 49.2 Å². The van der Waals surface area contributed by atoms with Crippen LogP contribution in [-0.2, 0) is 10.0 Å². The monoisotopic (exact) mass is 371 g/mol. The molecule has 0 N–H and O–H groups in total. The van der Waals surface area contributed by atoms with Gasteiger partial charge in [0.15, 0.2) is 0 Å². The van der Waals surface area contributed by atoms with Crippen LogP contribution in [-0.4, -0.2) is 15.0 Å². The first-order chi connectivity index (χ1) is 12.1. The second kappa shape index (κ2) is 6.46. The lowest BCUT2D eigenvalue weighted by molar-refractivity contribution is 0.587. The van der Waals surface area contributed by atoms with Crippen LogP contribution in [0.4, 0.5) is 5.00 Å². The van der Waals surface area contributed by atoms with Crippen LogP contribution in [0, 0.1) is 12.8 Å². The highest BCUT2D eigenvalue weighted by molar-refractivity contribution is 7.93. The van der Waals surface area contributed by atoms with Crippen molar-refractivity contribution in [3.63, 3.8) is 0 Å². The van der Waals surface area contributed by atoms with Gasteiger partial charge in [-0.25, -0.2) is 8.42 Å². The van der Waals surface area contributed by atoms with E-state index in [0.717, 1.165) is 27.1 Å². The van der Waals surface area contributed by atoms with Gasteiger partial charge in [-0.05, 0) is 48.4 Å². The molecule has 0 aliphatic heterocycles. The van der Waals surface area contributed by atoms with Crippen molar-refractivity contribution in [3.8, 4) is 0 Å². The van der Waals surface area contributed by atoms with Crippen molar-refractivity contribution in [2.45, 2.75) is 31.1 Å². The summed E-state index contributed by atoms with van der Waals surface area (Å²) in [7, 11) is -3.55. The molecule has 0 bridgehead atoms. The largest absolute Gasteiger partial charge is 0.264 e. The predicted octanol–water partition coefficient (Wildman–Crippen LogP) is 5.21. The van der Waals surface area contributed by atoms with E-state index in [4.69, 9.17) is 0 Å². The number of hydrogen-bond donors (Lipinski definition) is 0. The smallest absolute Gasteiger partial charge is 0.257 e. The van der Waals surface area contributed by atoms with Gasteiger partial charge in [0.25, 0.3) is 10.0 Å². The molecule has 0 spiro atoms. The molecular formula is C20H21NO2S2. The summed E-state index contributed by atoms with van der Waals surface area (Å²) in [6.07, 6.45) is 3.38. The Morgan fingerprint density at radius 2 is 1.72 bits per heavy atom. The zero-order chi connectivity index (χ0) is 17.4. The van der Waals surface area contributed by atoms with Crippen LogP contribution in [0.3, 0.4) is 0 Å². The molecule has 0 saturated heterocycles. The van der Waals surface area contributed by atoms with Gasteiger partial charge >= 0.3 is 0 Å². The van der Waals surface area contributed by atoms with Gasteiger partial charge in [-0.2, -0.15) is 0 Å². The number of sulfonamides is 1. The molecule has 1 fully saturated rings. The summed E-state index contributed by atoms with van der Waals surface area (Å²) < 4.78 is 29.4. The van der Waals surface area contributed by atoms with Crippen LogP contribution in [0.2, 0.25) is 0 Å². The number of nitrogens with zero attached hydrogens (tertiary/aromatic N) is 1. The first kappa shape index (κ1) is 16.6. The van der Waals surface area contributed by atoms with E-state index < -0.39 is 10.0 Å². The summed E-state index contributed by atoms with van der Waals surface area (Å²) in [5, 5.41) is 1.99. The number of fused-ring (bicyclic) bond motifs is 1. The Balaban J connectivity index is 1.81. The number of anilines is 1.